The number of methoxy groups -OCH3 is 1. The number of aromatic nitrogens is 2. The van der Waals surface area contributed by atoms with Crippen LogP contribution in [0.1, 0.15) is 0 Å². The minimum absolute atomic E-state index is 0.185. The van der Waals surface area contributed by atoms with Gasteiger partial charge in [-0.05, 0) is 24.3 Å². The summed E-state index contributed by atoms with van der Waals surface area (Å²) in [5.74, 6) is 1.95. The minimum Gasteiger partial charge on any atom is -0.486 e. The fourth-order valence-electron chi connectivity index (χ4n) is 4.85. The molecule has 2 aromatic heterocycles. The largest absolute Gasteiger partial charge is 0.486 e. The van der Waals surface area contributed by atoms with Crippen molar-refractivity contribution in [3.05, 3.63) is 42.6 Å². The number of nitrogens with zero attached hydrogens (tertiary/aromatic N) is 5. The highest BCUT2D eigenvalue weighted by Crippen LogP contribution is 2.35. The Morgan fingerprint density at radius 1 is 1.03 bits per heavy atom. The Labute approximate surface area is 203 Å². The van der Waals surface area contributed by atoms with E-state index in [1.807, 2.05) is 42.6 Å². The van der Waals surface area contributed by atoms with E-state index in [0.717, 1.165) is 48.6 Å². The van der Waals surface area contributed by atoms with Gasteiger partial charge in [-0.25, -0.2) is 9.78 Å². The van der Waals surface area contributed by atoms with Crippen molar-refractivity contribution in [3.63, 3.8) is 0 Å². The molecular formula is C25H27N5O5. The summed E-state index contributed by atoms with van der Waals surface area (Å²) < 4.78 is 22.2. The van der Waals surface area contributed by atoms with Gasteiger partial charge in [0.05, 0.1) is 30.5 Å². The van der Waals surface area contributed by atoms with Gasteiger partial charge < -0.3 is 23.8 Å². The number of pyridine rings is 2. The maximum Gasteiger partial charge on any atom is 0.414 e. The maximum absolute atomic E-state index is 12.6. The average molecular weight is 478 g/mol. The Hall–Kier alpha value is -3.79. The molecule has 10 heteroatoms. The molecule has 1 amide bonds. The number of ether oxygens (including phenoxy) is 4. The second-order valence-electron chi connectivity index (χ2n) is 8.78. The third-order valence-electron chi connectivity index (χ3n) is 6.63. The predicted octanol–water partition coefficient (Wildman–Crippen LogP) is 2.56. The third kappa shape index (κ3) is 4.25. The topological polar surface area (TPSA) is 89.5 Å². The summed E-state index contributed by atoms with van der Waals surface area (Å²) >= 11 is 0. The van der Waals surface area contributed by atoms with E-state index in [9.17, 15) is 4.79 Å². The second kappa shape index (κ2) is 9.10. The number of piperazine rings is 1. The highest BCUT2D eigenvalue weighted by molar-refractivity contribution is 5.90. The molecular weight excluding hydrogens is 450 g/mol. The van der Waals surface area contributed by atoms with Gasteiger partial charge >= 0.3 is 6.09 Å². The van der Waals surface area contributed by atoms with Crippen molar-refractivity contribution in [2.75, 3.05) is 69.4 Å². The normalized spacial score (nSPS) is 20.3. The molecule has 3 aromatic rings. The van der Waals surface area contributed by atoms with Crippen LogP contribution in [0.25, 0.3) is 11.0 Å². The lowest BCUT2D eigenvalue weighted by atomic mass is 10.2. The number of rotatable bonds is 5. The van der Waals surface area contributed by atoms with Gasteiger partial charge in [0.15, 0.2) is 11.5 Å². The average Bonchev–Trinajstić information content (AvgIpc) is 3.27. The number of amides is 1. The van der Waals surface area contributed by atoms with Crippen LogP contribution >= 0.6 is 0 Å². The van der Waals surface area contributed by atoms with E-state index in [-0.39, 0.29) is 12.2 Å². The Bertz CT molecular complexity index is 1250. The molecule has 6 rings (SSSR count). The lowest BCUT2D eigenvalue weighted by molar-refractivity contribution is 0.106. The molecule has 3 aliphatic heterocycles. The Morgan fingerprint density at radius 2 is 1.86 bits per heavy atom. The van der Waals surface area contributed by atoms with E-state index in [4.69, 9.17) is 18.9 Å². The standard InChI is InChI=1S/C25H27N5O5/c1-32-23-5-3-19-24(27-23)20(6-7-26-19)29-10-8-28(9-11-29)15-18-16-30(25(31)35-18)17-2-4-21-22(14-17)34-13-12-33-21/h2-7,14,18H,8-13,15-16H2,1H3/t18-/m1/s1. The summed E-state index contributed by atoms with van der Waals surface area (Å²) in [5, 5.41) is 0. The van der Waals surface area contributed by atoms with Crippen molar-refractivity contribution in [1.82, 2.24) is 14.9 Å². The minimum atomic E-state index is -0.325. The number of fused-ring (bicyclic) bond motifs is 2. The number of carbonyl (C=O) groups is 1. The van der Waals surface area contributed by atoms with Crippen molar-refractivity contribution in [1.29, 1.82) is 0 Å². The maximum atomic E-state index is 12.6. The van der Waals surface area contributed by atoms with Crippen LogP contribution in [0.15, 0.2) is 42.6 Å². The summed E-state index contributed by atoms with van der Waals surface area (Å²) in [6.07, 6.45) is 1.31. The van der Waals surface area contributed by atoms with E-state index in [1.165, 1.54) is 0 Å². The Balaban J connectivity index is 1.08. The fraction of sp³-hybridized carbons (Fsp3) is 0.400. The van der Waals surface area contributed by atoms with Crippen LogP contribution < -0.4 is 24.0 Å². The second-order valence-corrected chi connectivity index (χ2v) is 8.78. The number of benzene rings is 1. The van der Waals surface area contributed by atoms with E-state index < -0.39 is 0 Å². The molecule has 10 nitrogen and oxygen atoms in total. The summed E-state index contributed by atoms with van der Waals surface area (Å²) in [5.41, 5.74) is 3.52. The molecule has 2 fully saturated rings. The molecule has 0 saturated carbocycles. The van der Waals surface area contributed by atoms with Gasteiger partial charge in [0.2, 0.25) is 5.88 Å². The smallest absolute Gasteiger partial charge is 0.414 e. The molecule has 0 bridgehead atoms. The van der Waals surface area contributed by atoms with Crippen LogP contribution in [-0.2, 0) is 4.74 Å². The number of hydrogen-bond acceptors (Lipinski definition) is 9. The predicted molar refractivity (Wildman–Crippen MR) is 130 cm³/mol. The Morgan fingerprint density at radius 3 is 2.69 bits per heavy atom. The first-order valence-electron chi connectivity index (χ1n) is 11.8. The van der Waals surface area contributed by atoms with Crippen LogP contribution in [0.5, 0.6) is 17.4 Å². The SMILES string of the molecule is COc1ccc2nccc(N3CCN(C[C@@H]4CN(c5ccc6c(c5)OCCO6)C(=O)O4)CC3)c2n1. The monoisotopic (exact) mass is 477 g/mol. The third-order valence-corrected chi connectivity index (χ3v) is 6.63. The zero-order valence-electron chi connectivity index (χ0n) is 19.6. The molecule has 0 N–H and O–H groups in total. The number of cyclic esters (lactones) is 1. The zero-order chi connectivity index (χ0) is 23.8. The molecule has 35 heavy (non-hydrogen) atoms. The molecule has 0 radical (unpaired) electrons. The molecule has 2 saturated heterocycles. The fourth-order valence-corrected chi connectivity index (χ4v) is 4.85. The number of carbonyl (C=O) groups excluding carboxylic acids is 1. The van der Waals surface area contributed by atoms with Gasteiger partial charge in [-0.2, -0.15) is 0 Å². The van der Waals surface area contributed by atoms with Gasteiger partial charge in [0.25, 0.3) is 0 Å². The summed E-state index contributed by atoms with van der Waals surface area (Å²) in [7, 11) is 1.62. The molecule has 1 aromatic carbocycles. The number of hydrogen-bond donors (Lipinski definition) is 0. The number of anilines is 2. The zero-order valence-corrected chi connectivity index (χ0v) is 19.6. The van der Waals surface area contributed by atoms with Crippen molar-refractivity contribution >= 4 is 28.5 Å². The van der Waals surface area contributed by atoms with Crippen LogP contribution in [0, 0.1) is 0 Å². The molecule has 0 aliphatic carbocycles. The first kappa shape index (κ1) is 21.7. The van der Waals surface area contributed by atoms with E-state index >= 15 is 0 Å². The van der Waals surface area contributed by atoms with E-state index in [1.54, 1.807) is 12.0 Å². The molecule has 5 heterocycles. The van der Waals surface area contributed by atoms with Crippen LogP contribution in [0.3, 0.4) is 0 Å². The highest BCUT2D eigenvalue weighted by atomic mass is 16.6. The van der Waals surface area contributed by atoms with Crippen LogP contribution in [0.2, 0.25) is 0 Å². The van der Waals surface area contributed by atoms with Crippen LogP contribution in [0.4, 0.5) is 16.2 Å². The molecule has 182 valence electrons. The van der Waals surface area contributed by atoms with E-state index in [0.29, 0.717) is 43.7 Å². The molecule has 1 atom stereocenters. The molecule has 3 aliphatic rings. The van der Waals surface area contributed by atoms with Crippen LogP contribution in [-0.4, -0.2) is 86.7 Å². The summed E-state index contributed by atoms with van der Waals surface area (Å²) in [6.45, 7) is 5.69. The van der Waals surface area contributed by atoms with E-state index in [2.05, 4.69) is 19.8 Å². The first-order chi connectivity index (χ1) is 17.2. The molecule has 0 spiro atoms. The first-order valence-corrected chi connectivity index (χ1v) is 11.8. The Kier molecular flexibility index (Phi) is 5.65. The van der Waals surface area contributed by atoms with Gasteiger partial charge in [-0.3, -0.25) is 14.8 Å². The van der Waals surface area contributed by atoms with Gasteiger partial charge in [0.1, 0.15) is 24.8 Å². The van der Waals surface area contributed by atoms with Crippen molar-refractivity contribution in [2.24, 2.45) is 0 Å². The summed E-state index contributed by atoms with van der Waals surface area (Å²) in [6, 6.07) is 11.3. The lowest BCUT2D eigenvalue weighted by Gasteiger charge is -2.36. The van der Waals surface area contributed by atoms with Gasteiger partial charge in [0, 0.05) is 51.1 Å². The summed E-state index contributed by atoms with van der Waals surface area (Å²) in [4.78, 5) is 28.0. The van der Waals surface area contributed by atoms with Crippen molar-refractivity contribution in [2.45, 2.75) is 6.10 Å². The van der Waals surface area contributed by atoms with Crippen molar-refractivity contribution < 1.29 is 23.7 Å². The van der Waals surface area contributed by atoms with Gasteiger partial charge in [-0.15, -0.1) is 0 Å². The lowest BCUT2D eigenvalue weighted by Crippen LogP contribution is -2.49. The quantitative estimate of drug-likeness (QED) is 0.550. The van der Waals surface area contributed by atoms with Crippen molar-refractivity contribution in [3.8, 4) is 17.4 Å². The highest BCUT2D eigenvalue weighted by Gasteiger charge is 2.35. The molecule has 0 unspecified atom stereocenters. The van der Waals surface area contributed by atoms with Gasteiger partial charge in [-0.1, -0.05) is 0 Å².